The normalized spacial score (nSPS) is 11.3. The highest BCUT2D eigenvalue weighted by molar-refractivity contribution is 6.42. The van der Waals surface area contributed by atoms with Gasteiger partial charge in [0.25, 0.3) is 0 Å². The molecule has 0 saturated carbocycles. The van der Waals surface area contributed by atoms with E-state index in [0.29, 0.717) is 28.8 Å². The molecule has 0 aliphatic rings. The van der Waals surface area contributed by atoms with Crippen molar-refractivity contribution in [1.82, 2.24) is 0 Å². The number of carbonyl (C=O) groups excluding carboxylic acids is 1. The second-order valence-corrected chi connectivity index (χ2v) is 6.13. The van der Waals surface area contributed by atoms with Crippen molar-refractivity contribution in [3.8, 4) is 5.75 Å². The maximum absolute atomic E-state index is 12.0. The van der Waals surface area contributed by atoms with Crippen LogP contribution < -0.4 is 4.74 Å². The van der Waals surface area contributed by atoms with Gasteiger partial charge in [0.1, 0.15) is 5.75 Å². The van der Waals surface area contributed by atoms with Crippen LogP contribution in [-0.2, 0) is 9.53 Å². The van der Waals surface area contributed by atoms with Crippen LogP contribution in [0.5, 0.6) is 5.75 Å². The maximum Gasteiger partial charge on any atom is 0.331 e. The molecule has 5 heteroatoms. The minimum Gasteiger partial charge on any atom is -0.494 e. The minimum atomic E-state index is -0.408. The molecule has 0 bridgehead atoms. The SMILES string of the molecule is CCCOc1ccc(/C(=C\C(=O)OCC)c2ccc(Cl)c(Cl)c2)cc1. The summed E-state index contributed by atoms with van der Waals surface area (Å²) in [6, 6.07) is 12.8. The van der Waals surface area contributed by atoms with Crippen molar-refractivity contribution in [3.63, 3.8) is 0 Å². The summed E-state index contributed by atoms with van der Waals surface area (Å²) in [6.45, 7) is 4.80. The molecule has 0 atom stereocenters. The summed E-state index contributed by atoms with van der Waals surface area (Å²) in [5, 5.41) is 0.890. The van der Waals surface area contributed by atoms with Gasteiger partial charge in [-0.1, -0.05) is 48.3 Å². The molecule has 0 saturated heterocycles. The Balaban J connectivity index is 2.40. The van der Waals surface area contributed by atoms with E-state index >= 15 is 0 Å². The molecule has 0 N–H and O–H groups in total. The van der Waals surface area contributed by atoms with E-state index in [-0.39, 0.29) is 0 Å². The quantitative estimate of drug-likeness (QED) is 0.452. The van der Waals surface area contributed by atoms with E-state index in [1.54, 1.807) is 19.1 Å². The standard InChI is InChI=1S/C20H20Cl2O3/c1-3-11-25-16-8-5-14(6-9-16)17(13-20(23)24-4-2)15-7-10-18(21)19(22)12-15/h5-10,12-13H,3-4,11H2,1-2H3/b17-13+. The Kier molecular flexibility index (Phi) is 7.35. The van der Waals surface area contributed by atoms with E-state index in [9.17, 15) is 4.79 Å². The Bertz CT molecular complexity index is 752. The molecule has 0 aromatic heterocycles. The van der Waals surface area contributed by atoms with Crippen LogP contribution in [0.2, 0.25) is 10.0 Å². The Morgan fingerprint density at radius 1 is 1.00 bits per heavy atom. The highest BCUT2D eigenvalue weighted by atomic mass is 35.5. The van der Waals surface area contributed by atoms with Crippen molar-refractivity contribution in [2.24, 2.45) is 0 Å². The van der Waals surface area contributed by atoms with Gasteiger partial charge in [0.2, 0.25) is 0 Å². The van der Waals surface area contributed by atoms with Crippen LogP contribution in [0.3, 0.4) is 0 Å². The van der Waals surface area contributed by atoms with Crippen molar-refractivity contribution in [1.29, 1.82) is 0 Å². The zero-order valence-corrected chi connectivity index (χ0v) is 15.7. The highest BCUT2D eigenvalue weighted by Gasteiger charge is 2.11. The van der Waals surface area contributed by atoms with Crippen molar-refractivity contribution < 1.29 is 14.3 Å². The number of ether oxygens (including phenoxy) is 2. The van der Waals surface area contributed by atoms with Crippen LogP contribution in [0.15, 0.2) is 48.5 Å². The molecule has 0 unspecified atom stereocenters. The number of benzene rings is 2. The fraction of sp³-hybridized carbons (Fsp3) is 0.250. The van der Waals surface area contributed by atoms with Gasteiger partial charge < -0.3 is 9.47 Å². The Hall–Kier alpha value is -1.97. The van der Waals surface area contributed by atoms with Gasteiger partial charge in [-0.2, -0.15) is 0 Å². The first-order valence-corrected chi connectivity index (χ1v) is 8.87. The average Bonchev–Trinajstić information content (AvgIpc) is 2.61. The van der Waals surface area contributed by atoms with E-state index in [0.717, 1.165) is 23.3 Å². The Labute approximate surface area is 158 Å². The summed E-state index contributed by atoms with van der Waals surface area (Å²) in [4.78, 5) is 12.0. The van der Waals surface area contributed by atoms with Crippen LogP contribution >= 0.6 is 23.2 Å². The predicted octanol–water partition coefficient (Wildman–Crippen LogP) is 5.78. The van der Waals surface area contributed by atoms with Gasteiger partial charge in [0, 0.05) is 6.08 Å². The van der Waals surface area contributed by atoms with E-state index in [2.05, 4.69) is 6.92 Å². The number of carbonyl (C=O) groups is 1. The smallest absolute Gasteiger partial charge is 0.331 e. The first kappa shape index (κ1) is 19.4. The van der Waals surface area contributed by atoms with Crippen molar-refractivity contribution >= 4 is 34.7 Å². The number of hydrogen-bond donors (Lipinski definition) is 0. The summed E-state index contributed by atoms with van der Waals surface area (Å²) in [6.07, 6.45) is 2.41. The van der Waals surface area contributed by atoms with Gasteiger partial charge >= 0.3 is 5.97 Å². The second kappa shape index (κ2) is 9.50. The van der Waals surface area contributed by atoms with Gasteiger partial charge in [-0.05, 0) is 54.3 Å². The first-order chi connectivity index (χ1) is 12.0. The third kappa shape index (κ3) is 5.52. The average molecular weight is 379 g/mol. The molecule has 0 amide bonds. The van der Waals surface area contributed by atoms with E-state index in [1.165, 1.54) is 6.08 Å². The number of rotatable bonds is 7. The number of esters is 1. The zero-order chi connectivity index (χ0) is 18.2. The van der Waals surface area contributed by atoms with Crippen molar-refractivity contribution in [3.05, 3.63) is 69.7 Å². The Morgan fingerprint density at radius 2 is 1.68 bits per heavy atom. The van der Waals surface area contributed by atoms with E-state index < -0.39 is 5.97 Å². The van der Waals surface area contributed by atoms with Crippen molar-refractivity contribution in [2.75, 3.05) is 13.2 Å². The molecule has 0 aliphatic heterocycles. The lowest BCUT2D eigenvalue weighted by molar-refractivity contribution is -0.137. The maximum atomic E-state index is 12.0. The fourth-order valence-electron chi connectivity index (χ4n) is 2.25. The van der Waals surface area contributed by atoms with Crippen LogP contribution in [0.4, 0.5) is 0 Å². The number of halogens is 2. The summed E-state index contributed by atoms with van der Waals surface area (Å²) < 4.78 is 10.6. The van der Waals surface area contributed by atoms with Gasteiger partial charge in [-0.3, -0.25) is 0 Å². The van der Waals surface area contributed by atoms with Crippen LogP contribution in [0.1, 0.15) is 31.4 Å². The molecule has 0 spiro atoms. The first-order valence-electron chi connectivity index (χ1n) is 8.12. The third-order valence-electron chi connectivity index (χ3n) is 3.42. The lowest BCUT2D eigenvalue weighted by Gasteiger charge is -2.11. The molecule has 3 nitrogen and oxygen atoms in total. The summed E-state index contributed by atoms with van der Waals surface area (Å²) >= 11 is 12.1. The van der Waals surface area contributed by atoms with Gasteiger partial charge in [-0.15, -0.1) is 0 Å². The van der Waals surface area contributed by atoms with E-state index in [1.807, 2.05) is 30.3 Å². The molecule has 0 radical (unpaired) electrons. The van der Waals surface area contributed by atoms with Gasteiger partial charge in [0.15, 0.2) is 0 Å². The molecule has 25 heavy (non-hydrogen) atoms. The summed E-state index contributed by atoms with van der Waals surface area (Å²) in [5.74, 6) is 0.380. The highest BCUT2D eigenvalue weighted by Crippen LogP contribution is 2.30. The molecule has 2 aromatic carbocycles. The Morgan fingerprint density at radius 3 is 2.28 bits per heavy atom. The van der Waals surface area contributed by atoms with Gasteiger partial charge in [-0.25, -0.2) is 4.79 Å². The second-order valence-electron chi connectivity index (χ2n) is 5.31. The molecular formula is C20H20Cl2O3. The molecule has 0 aliphatic carbocycles. The van der Waals surface area contributed by atoms with Gasteiger partial charge in [0.05, 0.1) is 23.3 Å². The summed E-state index contributed by atoms with van der Waals surface area (Å²) in [5.41, 5.74) is 2.35. The largest absolute Gasteiger partial charge is 0.494 e. The molecule has 132 valence electrons. The third-order valence-corrected chi connectivity index (χ3v) is 4.16. The minimum absolute atomic E-state index is 0.313. The molecule has 2 rings (SSSR count). The summed E-state index contributed by atoms with van der Waals surface area (Å²) in [7, 11) is 0. The molecule has 2 aromatic rings. The zero-order valence-electron chi connectivity index (χ0n) is 14.2. The fourth-order valence-corrected chi connectivity index (χ4v) is 2.55. The predicted molar refractivity (Wildman–Crippen MR) is 102 cm³/mol. The lowest BCUT2D eigenvalue weighted by atomic mass is 9.97. The topological polar surface area (TPSA) is 35.5 Å². The molecular weight excluding hydrogens is 359 g/mol. The monoisotopic (exact) mass is 378 g/mol. The van der Waals surface area contributed by atoms with Crippen LogP contribution in [-0.4, -0.2) is 19.2 Å². The van der Waals surface area contributed by atoms with Crippen molar-refractivity contribution in [2.45, 2.75) is 20.3 Å². The number of hydrogen-bond acceptors (Lipinski definition) is 3. The van der Waals surface area contributed by atoms with Crippen LogP contribution in [0.25, 0.3) is 5.57 Å². The molecule has 0 heterocycles. The van der Waals surface area contributed by atoms with E-state index in [4.69, 9.17) is 32.7 Å². The lowest BCUT2D eigenvalue weighted by Crippen LogP contribution is -2.02. The van der Waals surface area contributed by atoms with Crippen LogP contribution in [0, 0.1) is 0 Å². The molecule has 0 fully saturated rings.